The quantitative estimate of drug-likeness (QED) is 0.172. The summed E-state index contributed by atoms with van der Waals surface area (Å²) in [6.07, 6.45) is 0.738. The SMILES string of the molecule is Cc1ccc(-n2c(O)c(N=Nc3cccc(-c4cccc(C=O)c4)c3O)c3ccc(OCF)cc32)cc1C. The number of carbonyl (C=O) groups is 1. The van der Waals surface area contributed by atoms with Crippen LogP contribution < -0.4 is 4.74 Å². The number of rotatable bonds is 7. The molecule has 0 saturated heterocycles. The minimum absolute atomic E-state index is 0.115. The van der Waals surface area contributed by atoms with Gasteiger partial charge < -0.3 is 14.9 Å². The Kier molecular flexibility index (Phi) is 6.62. The molecule has 0 aliphatic rings. The van der Waals surface area contributed by atoms with E-state index < -0.39 is 6.86 Å². The molecule has 5 rings (SSSR count). The van der Waals surface area contributed by atoms with Crippen molar-refractivity contribution in [2.45, 2.75) is 13.8 Å². The largest absolute Gasteiger partial charge is 0.505 e. The highest BCUT2D eigenvalue weighted by atomic mass is 19.1. The Morgan fingerprint density at radius 2 is 1.74 bits per heavy atom. The molecule has 0 spiro atoms. The van der Waals surface area contributed by atoms with Gasteiger partial charge in [-0.3, -0.25) is 9.36 Å². The summed E-state index contributed by atoms with van der Waals surface area (Å²) < 4.78 is 19.5. The molecule has 4 aromatic carbocycles. The van der Waals surface area contributed by atoms with E-state index in [0.717, 1.165) is 17.4 Å². The molecule has 0 saturated carbocycles. The summed E-state index contributed by atoms with van der Waals surface area (Å²) in [7, 11) is 0. The lowest BCUT2D eigenvalue weighted by molar-refractivity contribution is 0.112. The zero-order valence-electron chi connectivity index (χ0n) is 20.7. The average Bonchev–Trinajstić information content (AvgIpc) is 3.20. The van der Waals surface area contributed by atoms with E-state index in [2.05, 4.69) is 10.2 Å². The molecule has 2 N–H and O–H groups in total. The number of aromatic hydroxyl groups is 2. The summed E-state index contributed by atoms with van der Waals surface area (Å²) in [5.41, 5.74) is 5.35. The first-order valence-corrected chi connectivity index (χ1v) is 11.8. The molecule has 190 valence electrons. The summed E-state index contributed by atoms with van der Waals surface area (Å²) in [6, 6.07) is 22.5. The predicted molar refractivity (Wildman–Crippen MR) is 144 cm³/mol. The van der Waals surface area contributed by atoms with Gasteiger partial charge in [-0.1, -0.05) is 36.4 Å². The Labute approximate surface area is 218 Å². The number of alkyl halides is 1. The first kappa shape index (κ1) is 24.7. The number of aryl methyl sites for hydroxylation is 2. The van der Waals surface area contributed by atoms with Crippen LogP contribution >= 0.6 is 0 Å². The number of nitrogens with zero attached hydrogens (tertiary/aromatic N) is 3. The summed E-state index contributed by atoms with van der Waals surface area (Å²) in [4.78, 5) is 11.2. The molecular weight excluding hydrogens is 485 g/mol. The fraction of sp³-hybridized carbons (Fsp3) is 0.100. The van der Waals surface area contributed by atoms with Gasteiger partial charge >= 0.3 is 0 Å². The van der Waals surface area contributed by atoms with Gasteiger partial charge in [-0.15, -0.1) is 10.2 Å². The minimum Gasteiger partial charge on any atom is -0.505 e. The van der Waals surface area contributed by atoms with Crippen molar-refractivity contribution >= 4 is 28.6 Å². The smallest absolute Gasteiger partial charge is 0.228 e. The minimum atomic E-state index is -0.986. The Morgan fingerprint density at radius 1 is 0.921 bits per heavy atom. The van der Waals surface area contributed by atoms with Crippen LogP contribution in [0, 0.1) is 13.8 Å². The van der Waals surface area contributed by atoms with Crippen molar-refractivity contribution in [3.8, 4) is 34.2 Å². The third kappa shape index (κ3) is 4.48. The lowest BCUT2D eigenvalue weighted by Gasteiger charge is -2.10. The van der Waals surface area contributed by atoms with Gasteiger partial charge in [0.05, 0.1) is 5.52 Å². The number of hydrogen-bond donors (Lipinski definition) is 2. The van der Waals surface area contributed by atoms with Crippen LogP contribution in [0.25, 0.3) is 27.7 Å². The molecule has 0 aliphatic carbocycles. The zero-order chi connectivity index (χ0) is 26.8. The van der Waals surface area contributed by atoms with E-state index in [1.54, 1.807) is 65.2 Å². The fourth-order valence-corrected chi connectivity index (χ4v) is 4.34. The molecule has 5 aromatic rings. The molecule has 0 bridgehead atoms. The van der Waals surface area contributed by atoms with E-state index in [-0.39, 0.29) is 23.0 Å². The standard InChI is InChI=1S/C30H24FN3O4/c1-18-9-10-22(13-19(18)2)34-27-15-23(38-17-31)11-12-25(27)28(30(34)37)33-32-26-8-4-7-24(29(26)36)21-6-3-5-20(14-21)16-35/h3-16,36-37H,17H2,1-2H3. The van der Waals surface area contributed by atoms with Crippen molar-refractivity contribution in [1.82, 2.24) is 4.57 Å². The van der Waals surface area contributed by atoms with Crippen LogP contribution in [-0.4, -0.2) is 27.9 Å². The van der Waals surface area contributed by atoms with Crippen LogP contribution in [0.1, 0.15) is 21.5 Å². The molecule has 0 amide bonds. The van der Waals surface area contributed by atoms with Gasteiger partial charge in [-0.05, 0) is 66.9 Å². The van der Waals surface area contributed by atoms with E-state index in [0.29, 0.717) is 39.0 Å². The molecule has 1 aromatic heterocycles. The van der Waals surface area contributed by atoms with Crippen molar-refractivity contribution in [2.75, 3.05) is 6.86 Å². The van der Waals surface area contributed by atoms with Crippen molar-refractivity contribution < 1.29 is 24.1 Å². The van der Waals surface area contributed by atoms with Gasteiger partial charge in [0.25, 0.3) is 0 Å². The maximum absolute atomic E-state index is 12.9. The highest BCUT2D eigenvalue weighted by Gasteiger charge is 2.20. The second-order valence-corrected chi connectivity index (χ2v) is 8.83. The fourth-order valence-electron chi connectivity index (χ4n) is 4.34. The Bertz CT molecular complexity index is 1710. The normalized spacial score (nSPS) is 11.3. The Balaban J connectivity index is 1.64. The number of ether oxygens (including phenoxy) is 1. The van der Waals surface area contributed by atoms with Crippen molar-refractivity contribution in [2.24, 2.45) is 10.2 Å². The first-order chi connectivity index (χ1) is 18.4. The lowest BCUT2D eigenvalue weighted by Crippen LogP contribution is -1.96. The maximum atomic E-state index is 12.9. The van der Waals surface area contributed by atoms with Crippen LogP contribution in [0.4, 0.5) is 15.8 Å². The zero-order valence-corrected chi connectivity index (χ0v) is 20.7. The topological polar surface area (TPSA) is 96.4 Å². The third-order valence-electron chi connectivity index (χ3n) is 6.46. The summed E-state index contributed by atoms with van der Waals surface area (Å²) >= 11 is 0. The second kappa shape index (κ2) is 10.2. The maximum Gasteiger partial charge on any atom is 0.228 e. The van der Waals surface area contributed by atoms with Crippen molar-refractivity contribution in [3.05, 3.63) is 95.6 Å². The van der Waals surface area contributed by atoms with Crippen LogP contribution in [-0.2, 0) is 0 Å². The number of hydrogen-bond acceptors (Lipinski definition) is 6. The predicted octanol–water partition coefficient (Wildman–Crippen LogP) is 7.86. The second-order valence-electron chi connectivity index (χ2n) is 8.83. The Hall–Kier alpha value is -4.98. The van der Waals surface area contributed by atoms with Crippen LogP contribution in [0.5, 0.6) is 17.4 Å². The number of aromatic nitrogens is 1. The average molecular weight is 510 g/mol. The van der Waals surface area contributed by atoms with E-state index in [1.165, 1.54) is 0 Å². The van der Waals surface area contributed by atoms with E-state index >= 15 is 0 Å². The molecule has 1 heterocycles. The van der Waals surface area contributed by atoms with Crippen molar-refractivity contribution in [3.63, 3.8) is 0 Å². The van der Waals surface area contributed by atoms with Gasteiger partial charge in [0.2, 0.25) is 12.7 Å². The highest BCUT2D eigenvalue weighted by Crippen LogP contribution is 2.44. The number of phenolic OH excluding ortho intramolecular Hbond substituents is 1. The lowest BCUT2D eigenvalue weighted by atomic mass is 10.0. The monoisotopic (exact) mass is 509 g/mol. The molecular formula is C30H24FN3O4. The van der Waals surface area contributed by atoms with E-state index in [4.69, 9.17) is 4.74 Å². The van der Waals surface area contributed by atoms with Crippen molar-refractivity contribution in [1.29, 1.82) is 0 Å². The molecule has 0 unspecified atom stereocenters. The highest BCUT2D eigenvalue weighted by molar-refractivity contribution is 5.97. The summed E-state index contributed by atoms with van der Waals surface area (Å²) in [5, 5.41) is 31.4. The first-order valence-electron chi connectivity index (χ1n) is 11.8. The molecule has 7 nitrogen and oxygen atoms in total. The number of aldehydes is 1. The molecule has 0 atom stereocenters. The van der Waals surface area contributed by atoms with Gasteiger partial charge in [-0.25, -0.2) is 4.39 Å². The number of carbonyl (C=O) groups excluding carboxylic acids is 1. The number of fused-ring (bicyclic) bond motifs is 1. The third-order valence-corrected chi connectivity index (χ3v) is 6.46. The molecule has 0 radical (unpaired) electrons. The molecule has 38 heavy (non-hydrogen) atoms. The number of phenols is 1. The van der Waals surface area contributed by atoms with Crippen LogP contribution in [0.15, 0.2) is 89.1 Å². The van der Waals surface area contributed by atoms with Gasteiger partial charge in [0, 0.05) is 28.3 Å². The molecule has 0 aliphatic heterocycles. The molecule has 8 heteroatoms. The van der Waals surface area contributed by atoms with Crippen LogP contribution in [0.2, 0.25) is 0 Å². The number of halogens is 1. The van der Waals surface area contributed by atoms with Crippen LogP contribution in [0.3, 0.4) is 0 Å². The van der Waals surface area contributed by atoms with E-state index in [1.807, 2.05) is 32.0 Å². The summed E-state index contributed by atoms with van der Waals surface area (Å²) in [5.74, 6) is 0.0167. The molecule has 0 fully saturated rings. The Morgan fingerprint density at radius 3 is 2.50 bits per heavy atom. The van der Waals surface area contributed by atoms with Gasteiger partial charge in [0.1, 0.15) is 17.7 Å². The van der Waals surface area contributed by atoms with Gasteiger partial charge in [-0.2, -0.15) is 0 Å². The number of benzene rings is 4. The summed E-state index contributed by atoms with van der Waals surface area (Å²) in [6.45, 7) is 2.98. The van der Waals surface area contributed by atoms with Gasteiger partial charge in [0.15, 0.2) is 11.4 Å². The van der Waals surface area contributed by atoms with E-state index in [9.17, 15) is 19.4 Å². The number of para-hydroxylation sites is 1. The number of azo groups is 1.